The Hall–Kier alpha value is -0.590. The number of hydrogen-bond donors (Lipinski definition) is 1. The number of hydrogen-bond acceptors (Lipinski definition) is 3. The topological polar surface area (TPSA) is 39.1 Å². The Morgan fingerprint density at radius 1 is 1.25 bits per heavy atom. The summed E-state index contributed by atoms with van der Waals surface area (Å²) < 4.78 is 0. The maximum absolute atomic E-state index is 8.95. The molecule has 0 rings (SSSR count). The van der Waals surface area contributed by atoms with Crippen LogP contribution in [-0.2, 0) is 0 Å². The van der Waals surface area contributed by atoms with E-state index in [2.05, 4.69) is 44.1 Å². The van der Waals surface area contributed by atoms with Gasteiger partial charge in [0.1, 0.15) is 0 Å². The summed E-state index contributed by atoms with van der Waals surface area (Å²) in [5.41, 5.74) is 0. The molecule has 0 fully saturated rings. The lowest BCUT2D eigenvalue weighted by Crippen LogP contribution is -2.33. The molecule has 0 bridgehead atoms. The van der Waals surface area contributed by atoms with Crippen molar-refractivity contribution in [2.75, 3.05) is 26.7 Å². The van der Waals surface area contributed by atoms with Crippen LogP contribution in [0.15, 0.2) is 0 Å². The zero-order valence-electron chi connectivity index (χ0n) is 11.3. The largest absolute Gasteiger partial charge is 0.306 e. The Morgan fingerprint density at radius 2 is 1.88 bits per heavy atom. The van der Waals surface area contributed by atoms with Crippen LogP contribution in [0.4, 0.5) is 0 Å². The van der Waals surface area contributed by atoms with Crippen molar-refractivity contribution in [1.82, 2.24) is 10.2 Å². The van der Waals surface area contributed by atoms with E-state index >= 15 is 0 Å². The van der Waals surface area contributed by atoms with Crippen molar-refractivity contribution in [3.8, 4) is 6.07 Å². The molecule has 3 nitrogen and oxygen atoms in total. The Kier molecular flexibility index (Phi) is 9.27. The molecule has 1 atom stereocenters. The average molecular weight is 225 g/mol. The van der Waals surface area contributed by atoms with Gasteiger partial charge in [0.15, 0.2) is 0 Å². The second-order valence-corrected chi connectivity index (χ2v) is 4.91. The van der Waals surface area contributed by atoms with Crippen LogP contribution in [-0.4, -0.2) is 37.6 Å². The summed E-state index contributed by atoms with van der Waals surface area (Å²) in [6.07, 6.45) is 3.24. The summed E-state index contributed by atoms with van der Waals surface area (Å²) in [6.45, 7) is 9.68. The molecular weight excluding hydrogens is 198 g/mol. The quantitative estimate of drug-likeness (QED) is 0.654. The highest BCUT2D eigenvalue weighted by molar-refractivity contribution is 4.89. The van der Waals surface area contributed by atoms with Crippen LogP contribution in [0.2, 0.25) is 0 Å². The van der Waals surface area contributed by atoms with Gasteiger partial charge in [-0.15, -0.1) is 0 Å². The van der Waals surface area contributed by atoms with Gasteiger partial charge in [0.25, 0.3) is 0 Å². The summed E-state index contributed by atoms with van der Waals surface area (Å²) in [6, 6.07) is 2.33. The minimum atomic E-state index is 0.0152. The van der Waals surface area contributed by atoms with Gasteiger partial charge in [0.2, 0.25) is 0 Å². The van der Waals surface area contributed by atoms with Crippen LogP contribution >= 0.6 is 0 Å². The predicted octanol–water partition coefficient (Wildman–Crippen LogP) is 2.25. The van der Waals surface area contributed by atoms with Crippen molar-refractivity contribution in [1.29, 1.82) is 5.26 Å². The maximum atomic E-state index is 8.95. The van der Waals surface area contributed by atoms with Gasteiger partial charge < -0.3 is 10.2 Å². The first-order valence-electron chi connectivity index (χ1n) is 6.41. The van der Waals surface area contributed by atoms with Gasteiger partial charge in [-0.3, -0.25) is 0 Å². The highest BCUT2D eigenvalue weighted by atomic mass is 15.1. The molecule has 0 spiro atoms. The average Bonchev–Trinajstić information content (AvgIpc) is 2.26. The van der Waals surface area contributed by atoms with E-state index in [1.54, 1.807) is 0 Å². The standard InChI is InChI=1S/C13H27N3/c1-5-8-15-13(11-14)7-10-16(4)9-6-12(2)3/h12-13,15H,5-10H2,1-4H3. The third kappa shape index (κ3) is 8.70. The van der Waals surface area contributed by atoms with Crippen LogP contribution in [0.5, 0.6) is 0 Å². The number of nitriles is 1. The maximum Gasteiger partial charge on any atom is 0.0965 e. The summed E-state index contributed by atoms with van der Waals surface area (Å²) in [5.74, 6) is 0.757. The monoisotopic (exact) mass is 225 g/mol. The Morgan fingerprint density at radius 3 is 2.38 bits per heavy atom. The molecule has 0 aromatic rings. The van der Waals surface area contributed by atoms with Gasteiger partial charge in [-0.1, -0.05) is 20.8 Å². The lowest BCUT2D eigenvalue weighted by Gasteiger charge is -2.19. The summed E-state index contributed by atoms with van der Waals surface area (Å²) in [7, 11) is 2.14. The Bertz CT molecular complexity index is 196. The number of nitrogens with one attached hydrogen (secondary N) is 1. The highest BCUT2D eigenvalue weighted by Crippen LogP contribution is 2.02. The summed E-state index contributed by atoms with van der Waals surface area (Å²) >= 11 is 0. The second-order valence-electron chi connectivity index (χ2n) is 4.91. The Labute approximate surface area is 101 Å². The van der Waals surface area contributed by atoms with E-state index in [1.165, 1.54) is 6.42 Å². The van der Waals surface area contributed by atoms with Gasteiger partial charge in [-0.05, 0) is 45.3 Å². The Balaban J connectivity index is 3.63. The van der Waals surface area contributed by atoms with Crippen molar-refractivity contribution in [2.45, 2.75) is 46.1 Å². The van der Waals surface area contributed by atoms with Gasteiger partial charge in [0, 0.05) is 6.54 Å². The third-order valence-electron chi connectivity index (χ3n) is 2.68. The zero-order valence-corrected chi connectivity index (χ0v) is 11.3. The summed E-state index contributed by atoms with van der Waals surface area (Å²) in [4.78, 5) is 2.32. The van der Waals surface area contributed by atoms with E-state index < -0.39 is 0 Å². The molecule has 0 aliphatic rings. The normalized spacial score (nSPS) is 13.1. The molecule has 0 aromatic carbocycles. The van der Waals surface area contributed by atoms with Crippen LogP contribution in [0.1, 0.15) is 40.0 Å². The first-order valence-corrected chi connectivity index (χ1v) is 6.41. The van der Waals surface area contributed by atoms with Gasteiger partial charge in [-0.2, -0.15) is 5.26 Å². The molecule has 1 unspecified atom stereocenters. The zero-order chi connectivity index (χ0) is 12.4. The minimum Gasteiger partial charge on any atom is -0.306 e. The predicted molar refractivity (Wildman–Crippen MR) is 69.3 cm³/mol. The molecule has 0 saturated carbocycles. The first-order chi connectivity index (χ1) is 7.60. The van der Waals surface area contributed by atoms with Crippen LogP contribution in [0.3, 0.4) is 0 Å². The molecule has 0 amide bonds. The highest BCUT2D eigenvalue weighted by Gasteiger charge is 2.07. The lowest BCUT2D eigenvalue weighted by atomic mass is 10.1. The van der Waals surface area contributed by atoms with E-state index in [9.17, 15) is 0 Å². The molecule has 16 heavy (non-hydrogen) atoms. The second kappa shape index (κ2) is 9.62. The van der Waals surface area contributed by atoms with Gasteiger partial charge >= 0.3 is 0 Å². The third-order valence-corrected chi connectivity index (χ3v) is 2.68. The van der Waals surface area contributed by atoms with Crippen molar-refractivity contribution in [2.24, 2.45) is 5.92 Å². The SMILES string of the molecule is CCCNC(C#N)CCN(C)CCC(C)C. The van der Waals surface area contributed by atoms with Crippen molar-refractivity contribution < 1.29 is 0 Å². The molecule has 94 valence electrons. The van der Waals surface area contributed by atoms with E-state index in [1.807, 2.05) is 0 Å². The fourth-order valence-corrected chi connectivity index (χ4v) is 1.47. The molecule has 3 heteroatoms. The molecule has 0 aromatic heterocycles. The molecule has 0 aliphatic carbocycles. The van der Waals surface area contributed by atoms with Crippen molar-refractivity contribution >= 4 is 0 Å². The lowest BCUT2D eigenvalue weighted by molar-refractivity contribution is 0.298. The fraction of sp³-hybridized carbons (Fsp3) is 0.923. The van der Waals surface area contributed by atoms with Crippen molar-refractivity contribution in [3.05, 3.63) is 0 Å². The smallest absolute Gasteiger partial charge is 0.0965 e. The summed E-state index contributed by atoms with van der Waals surface area (Å²) in [5, 5.41) is 12.2. The van der Waals surface area contributed by atoms with Crippen molar-refractivity contribution in [3.63, 3.8) is 0 Å². The molecular formula is C13H27N3. The molecule has 0 aliphatic heterocycles. The number of rotatable bonds is 9. The fourth-order valence-electron chi connectivity index (χ4n) is 1.47. The molecule has 0 heterocycles. The first kappa shape index (κ1) is 15.4. The van der Waals surface area contributed by atoms with E-state index in [-0.39, 0.29) is 6.04 Å². The minimum absolute atomic E-state index is 0.0152. The molecule has 1 N–H and O–H groups in total. The van der Waals surface area contributed by atoms with Crippen LogP contribution in [0.25, 0.3) is 0 Å². The van der Waals surface area contributed by atoms with Gasteiger partial charge in [-0.25, -0.2) is 0 Å². The van der Waals surface area contributed by atoms with E-state index in [0.29, 0.717) is 0 Å². The molecule has 0 radical (unpaired) electrons. The molecule has 0 saturated heterocycles. The number of nitrogens with zero attached hydrogens (tertiary/aromatic N) is 2. The van der Waals surface area contributed by atoms with Gasteiger partial charge in [0.05, 0.1) is 12.1 Å². The van der Waals surface area contributed by atoms with E-state index in [4.69, 9.17) is 5.26 Å². The van der Waals surface area contributed by atoms with Crippen LogP contribution in [0, 0.1) is 17.2 Å². The van der Waals surface area contributed by atoms with Crippen LogP contribution < -0.4 is 5.32 Å². The van der Waals surface area contributed by atoms with E-state index in [0.717, 1.165) is 38.4 Å².